The van der Waals surface area contributed by atoms with Gasteiger partial charge in [-0.15, -0.1) is 5.10 Å². The van der Waals surface area contributed by atoms with E-state index in [9.17, 15) is 5.26 Å². The van der Waals surface area contributed by atoms with Crippen LogP contribution in [0.3, 0.4) is 0 Å². The van der Waals surface area contributed by atoms with Crippen LogP contribution in [0.5, 0.6) is 5.88 Å². The Morgan fingerprint density at radius 2 is 1.93 bits per heavy atom. The fourth-order valence-corrected chi connectivity index (χ4v) is 3.75. The molecule has 0 fully saturated rings. The SMILES string of the molecule is Cc1ccc(-c2[nH]nc3c2C(c2ccc(Cl)cc2Cl)C(C#N)=C(N)O3)cc1. The maximum Gasteiger partial charge on any atom is 0.244 e. The number of allylic oxidation sites excluding steroid dienone is 1. The fourth-order valence-electron chi connectivity index (χ4n) is 3.23. The van der Waals surface area contributed by atoms with E-state index in [1.165, 1.54) is 0 Å². The molecule has 7 heteroatoms. The minimum absolute atomic E-state index is 0.0166. The predicted molar refractivity (Wildman–Crippen MR) is 105 cm³/mol. The van der Waals surface area contributed by atoms with Crippen LogP contribution in [-0.2, 0) is 0 Å². The van der Waals surface area contributed by atoms with Crippen molar-refractivity contribution in [2.24, 2.45) is 5.73 Å². The number of halogens is 2. The van der Waals surface area contributed by atoms with E-state index < -0.39 is 5.92 Å². The molecule has 134 valence electrons. The second kappa shape index (κ2) is 6.66. The Morgan fingerprint density at radius 1 is 1.19 bits per heavy atom. The Morgan fingerprint density at radius 3 is 2.59 bits per heavy atom. The molecule has 1 aromatic heterocycles. The Labute approximate surface area is 166 Å². The number of nitrogens with one attached hydrogen (secondary N) is 1. The molecule has 27 heavy (non-hydrogen) atoms. The van der Waals surface area contributed by atoms with Crippen molar-refractivity contribution < 1.29 is 4.74 Å². The number of aromatic amines is 1. The highest BCUT2D eigenvalue weighted by Gasteiger charge is 2.36. The van der Waals surface area contributed by atoms with Gasteiger partial charge in [0.1, 0.15) is 11.6 Å². The van der Waals surface area contributed by atoms with E-state index in [4.69, 9.17) is 33.7 Å². The van der Waals surface area contributed by atoms with Gasteiger partial charge in [-0.05, 0) is 24.6 Å². The first-order valence-corrected chi connectivity index (χ1v) is 8.93. The van der Waals surface area contributed by atoms with Crippen molar-refractivity contribution in [2.45, 2.75) is 12.8 Å². The van der Waals surface area contributed by atoms with Crippen molar-refractivity contribution in [3.05, 3.63) is 80.7 Å². The zero-order valence-corrected chi connectivity index (χ0v) is 15.8. The Hall–Kier alpha value is -2.94. The molecule has 4 rings (SSSR count). The van der Waals surface area contributed by atoms with E-state index >= 15 is 0 Å². The van der Waals surface area contributed by atoms with Crippen molar-refractivity contribution in [2.75, 3.05) is 0 Å². The lowest BCUT2D eigenvalue weighted by molar-refractivity contribution is 0.379. The van der Waals surface area contributed by atoms with Gasteiger partial charge >= 0.3 is 0 Å². The number of hydrogen-bond acceptors (Lipinski definition) is 4. The summed E-state index contributed by atoms with van der Waals surface area (Å²) >= 11 is 12.5. The highest BCUT2D eigenvalue weighted by molar-refractivity contribution is 6.35. The predicted octanol–water partition coefficient (Wildman–Crippen LogP) is 4.91. The van der Waals surface area contributed by atoms with Crippen molar-refractivity contribution in [1.82, 2.24) is 10.2 Å². The molecule has 0 spiro atoms. The molecule has 3 N–H and O–H groups in total. The van der Waals surface area contributed by atoms with Crippen LogP contribution < -0.4 is 10.5 Å². The van der Waals surface area contributed by atoms with Gasteiger partial charge in [0.05, 0.1) is 17.2 Å². The number of benzene rings is 2. The molecule has 5 nitrogen and oxygen atoms in total. The molecule has 1 atom stereocenters. The number of rotatable bonds is 2. The topological polar surface area (TPSA) is 87.7 Å². The summed E-state index contributed by atoms with van der Waals surface area (Å²) in [4.78, 5) is 0. The van der Waals surface area contributed by atoms with Crippen LogP contribution in [-0.4, -0.2) is 10.2 Å². The Balaban J connectivity index is 1.97. The number of nitriles is 1. The number of nitrogens with two attached hydrogens (primary N) is 1. The van der Waals surface area contributed by atoms with Crippen LogP contribution in [0.1, 0.15) is 22.6 Å². The van der Waals surface area contributed by atoms with Gasteiger partial charge in [0.25, 0.3) is 0 Å². The molecule has 0 bridgehead atoms. The van der Waals surface area contributed by atoms with E-state index in [2.05, 4.69) is 16.3 Å². The highest BCUT2D eigenvalue weighted by Crippen LogP contribution is 2.47. The second-order valence-electron chi connectivity index (χ2n) is 6.27. The quantitative estimate of drug-likeness (QED) is 0.643. The number of nitrogens with zero attached hydrogens (tertiary/aromatic N) is 2. The number of fused-ring (bicyclic) bond motifs is 1. The summed E-state index contributed by atoms with van der Waals surface area (Å²) in [6.45, 7) is 2.02. The molecule has 1 unspecified atom stereocenters. The van der Waals surface area contributed by atoms with Crippen LogP contribution >= 0.6 is 23.2 Å². The first kappa shape index (κ1) is 17.5. The lowest BCUT2D eigenvalue weighted by Crippen LogP contribution is -2.21. The third-order valence-electron chi connectivity index (χ3n) is 4.55. The van der Waals surface area contributed by atoms with Crippen LogP contribution in [0.15, 0.2) is 53.9 Å². The molecule has 0 saturated carbocycles. The van der Waals surface area contributed by atoms with Crippen LogP contribution in [0.2, 0.25) is 10.0 Å². The average Bonchev–Trinajstić information content (AvgIpc) is 3.05. The molecule has 2 aromatic carbocycles. The summed E-state index contributed by atoms with van der Waals surface area (Å²) in [6, 6.07) is 15.3. The average molecular weight is 397 g/mol. The zero-order valence-electron chi connectivity index (χ0n) is 14.3. The number of H-pyrrole nitrogens is 1. The minimum Gasteiger partial charge on any atom is -0.420 e. The van der Waals surface area contributed by atoms with Crippen molar-refractivity contribution >= 4 is 23.2 Å². The van der Waals surface area contributed by atoms with Crippen LogP contribution in [0.4, 0.5) is 0 Å². The lowest BCUT2D eigenvalue weighted by Gasteiger charge is -2.25. The summed E-state index contributed by atoms with van der Waals surface area (Å²) in [7, 11) is 0. The van der Waals surface area contributed by atoms with Gasteiger partial charge in [-0.1, -0.05) is 59.1 Å². The van der Waals surface area contributed by atoms with Crippen molar-refractivity contribution in [3.8, 4) is 23.2 Å². The highest BCUT2D eigenvalue weighted by atomic mass is 35.5. The third-order valence-corrected chi connectivity index (χ3v) is 5.12. The number of ether oxygens (including phenoxy) is 1. The minimum atomic E-state index is -0.515. The lowest BCUT2D eigenvalue weighted by atomic mass is 9.83. The van der Waals surface area contributed by atoms with Gasteiger partial charge in [-0.25, -0.2) is 0 Å². The molecule has 0 saturated heterocycles. The van der Waals surface area contributed by atoms with Gasteiger partial charge in [-0.2, -0.15) is 5.26 Å². The van der Waals surface area contributed by atoms with Crippen molar-refractivity contribution in [1.29, 1.82) is 5.26 Å². The van der Waals surface area contributed by atoms with E-state index in [0.29, 0.717) is 27.1 Å². The van der Waals surface area contributed by atoms with E-state index in [1.54, 1.807) is 18.2 Å². The van der Waals surface area contributed by atoms with Crippen LogP contribution in [0, 0.1) is 18.3 Å². The first-order chi connectivity index (χ1) is 13.0. The van der Waals surface area contributed by atoms with Gasteiger partial charge in [0.15, 0.2) is 0 Å². The number of hydrogen-bond donors (Lipinski definition) is 2. The molecule has 0 aliphatic carbocycles. The molecule has 0 radical (unpaired) electrons. The monoisotopic (exact) mass is 396 g/mol. The second-order valence-corrected chi connectivity index (χ2v) is 7.12. The van der Waals surface area contributed by atoms with Gasteiger partial charge in [0.2, 0.25) is 11.8 Å². The Kier molecular flexibility index (Phi) is 4.31. The number of aryl methyl sites for hydroxylation is 1. The van der Waals surface area contributed by atoms with E-state index in [-0.39, 0.29) is 11.5 Å². The molecular formula is C20H14Cl2N4O. The fraction of sp³-hybridized carbons (Fsp3) is 0.100. The molecule has 0 amide bonds. The zero-order chi connectivity index (χ0) is 19.1. The summed E-state index contributed by atoms with van der Waals surface area (Å²) in [5.41, 5.74) is 10.5. The number of aromatic nitrogens is 2. The maximum atomic E-state index is 9.73. The smallest absolute Gasteiger partial charge is 0.244 e. The summed E-state index contributed by atoms with van der Waals surface area (Å²) < 4.78 is 5.60. The molecule has 1 aliphatic rings. The first-order valence-electron chi connectivity index (χ1n) is 8.17. The Bertz CT molecular complexity index is 1110. The summed E-state index contributed by atoms with van der Waals surface area (Å²) in [5, 5.41) is 18.0. The molecule has 3 aromatic rings. The maximum absolute atomic E-state index is 9.73. The third kappa shape index (κ3) is 2.93. The van der Waals surface area contributed by atoms with Crippen LogP contribution in [0.25, 0.3) is 11.3 Å². The standard InChI is InChI=1S/C20H14Cl2N4O/c1-10-2-4-11(5-3-10)18-17-16(13-7-6-12(21)8-15(13)22)14(9-23)19(24)27-20(17)26-25-18/h2-8,16H,24H2,1H3,(H,25,26). The molecule has 1 aliphatic heterocycles. The van der Waals surface area contributed by atoms with E-state index in [0.717, 1.165) is 16.8 Å². The molecular weight excluding hydrogens is 383 g/mol. The van der Waals surface area contributed by atoms with Gasteiger partial charge in [-0.3, -0.25) is 5.10 Å². The van der Waals surface area contributed by atoms with Crippen molar-refractivity contribution in [3.63, 3.8) is 0 Å². The molecule has 2 heterocycles. The van der Waals surface area contributed by atoms with Gasteiger partial charge in [0, 0.05) is 15.6 Å². The normalized spacial score (nSPS) is 15.9. The van der Waals surface area contributed by atoms with E-state index in [1.807, 2.05) is 31.2 Å². The largest absolute Gasteiger partial charge is 0.420 e. The summed E-state index contributed by atoms with van der Waals surface area (Å²) in [5.74, 6) is -0.167. The summed E-state index contributed by atoms with van der Waals surface area (Å²) in [6.07, 6.45) is 0. The van der Waals surface area contributed by atoms with Gasteiger partial charge < -0.3 is 10.5 Å².